The summed E-state index contributed by atoms with van der Waals surface area (Å²) in [5.74, 6) is -0.328. The summed E-state index contributed by atoms with van der Waals surface area (Å²) >= 11 is 0. The largest absolute Gasteiger partial charge is 0.391 e. The van der Waals surface area contributed by atoms with Crippen molar-refractivity contribution in [2.45, 2.75) is 180 Å². The van der Waals surface area contributed by atoms with Gasteiger partial charge < -0.3 is 31.1 Å². The van der Waals surface area contributed by atoms with Crippen LogP contribution in [0.2, 0.25) is 0 Å². The summed E-state index contributed by atoms with van der Waals surface area (Å²) in [4.78, 5) is 30.5. The lowest BCUT2D eigenvalue weighted by molar-refractivity contribution is -0.137. The van der Waals surface area contributed by atoms with Gasteiger partial charge in [-0.1, -0.05) is 125 Å². The lowest BCUT2D eigenvalue weighted by Crippen LogP contribution is -2.61. The summed E-state index contributed by atoms with van der Waals surface area (Å²) < 4.78 is 0. The molecule has 10 heteroatoms. The van der Waals surface area contributed by atoms with Crippen molar-refractivity contribution in [3.05, 3.63) is 97.2 Å². The highest BCUT2D eigenvalue weighted by Crippen LogP contribution is 2.14. The number of amides is 2. The maximum Gasteiger partial charge on any atom is 0.243 e. The van der Waals surface area contributed by atoms with E-state index in [2.05, 4.69) is 121 Å². The van der Waals surface area contributed by atoms with Crippen LogP contribution in [0.15, 0.2) is 97.2 Å². The first-order valence-electron chi connectivity index (χ1n) is 24.1. The van der Waals surface area contributed by atoms with E-state index >= 15 is 0 Å². The minimum atomic E-state index is -0.589. The zero-order valence-corrected chi connectivity index (χ0v) is 39.2. The van der Waals surface area contributed by atoms with Crippen molar-refractivity contribution in [3.63, 3.8) is 0 Å². The Kier molecular flexibility index (Phi) is 35.8. The molecule has 0 bridgehead atoms. The molecule has 6 N–H and O–H groups in total. The highest BCUT2D eigenvalue weighted by atomic mass is 16.3. The molecule has 6 atom stereocenters. The molecular weight excluding hydrogens is 777 g/mol. The molecule has 1 aliphatic rings. The highest BCUT2D eigenvalue weighted by molar-refractivity contribution is 5.96. The second-order valence-electron chi connectivity index (χ2n) is 16.5. The summed E-state index contributed by atoms with van der Waals surface area (Å²) in [5.41, 5.74) is 0. The van der Waals surface area contributed by atoms with E-state index in [-0.39, 0.29) is 11.8 Å². The molecule has 1 saturated heterocycles. The standard InChI is InChI=1S/C52H88N4O6/c1-5-9-13-17-21-25-33-45(57)41-55(42-46(58)34-26-22-18-14-10-6-2)39-31-29-37-49-51(61)54-50(52(62)53-49)38-30-32-40-56(43-47(59)35-27-23-19-15-11-7-3)44-48(60)36-28-24-20-16-12-8-4/h9-16,21-28,45-50,57-60H,5-8,17-20,29-44H2,1-4H3,(H,53,62)(H,54,61)/b13-9-,14-10-,15-11-,16-12-,25-21-,26-22-,27-23-,28-24-. The van der Waals surface area contributed by atoms with Crippen molar-refractivity contribution < 1.29 is 30.0 Å². The number of allylic oxidation sites excluding steroid dienone is 12. The molecule has 0 radical (unpaired) electrons. The molecule has 2 amide bonds. The second-order valence-corrected chi connectivity index (χ2v) is 16.5. The van der Waals surface area contributed by atoms with Crippen LogP contribution >= 0.6 is 0 Å². The molecule has 0 saturated carbocycles. The number of hydrogen-bond donors (Lipinski definition) is 6. The van der Waals surface area contributed by atoms with Crippen molar-refractivity contribution in [2.24, 2.45) is 0 Å². The van der Waals surface area contributed by atoms with E-state index in [9.17, 15) is 30.0 Å². The van der Waals surface area contributed by atoms with Gasteiger partial charge in [0.05, 0.1) is 24.4 Å². The second kappa shape index (κ2) is 39.2. The zero-order chi connectivity index (χ0) is 45.5. The average molecular weight is 865 g/mol. The summed E-state index contributed by atoms with van der Waals surface area (Å²) in [6.45, 7) is 11.5. The fraction of sp³-hybridized carbons (Fsp3) is 0.654. The predicted molar refractivity (Wildman–Crippen MR) is 260 cm³/mol. The molecule has 352 valence electrons. The molecule has 0 aliphatic carbocycles. The Labute approximate surface area is 377 Å². The van der Waals surface area contributed by atoms with Gasteiger partial charge in [-0.25, -0.2) is 0 Å². The van der Waals surface area contributed by atoms with Crippen LogP contribution in [0, 0.1) is 0 Å². The van der Waals surface area contributed by atoms with E-state index in [4.69, 9.17) is 0 Å². The molecule has 0 aromatic rings. The van der Waals surface area contributed by atoms with E-state index in [1.54, 1.807) is 0 Å². The van der Waals surface area contributed by atoms with Gasteiger partial charge in [-0.2, -0.15) is 0 Å². The number of aliphatic hydroxyl groups excluding tert-OH is 4. The van der Waals surface area contributed by atoms with Gasteiger partial charge in [0.1, 0.15) is 12.1 Å². The van der Waals surface area contributed by atoms with Gasteiger partial charge in [-0.3, -0.25) is 19.4 Å². The molecule has 1 aliphatic heterocycles. The molecule has 1 rings (SSSR count). The monoisotopic (exact) mass is 865 g/mol. The minimum absolute atomic E-state index is 0.164. The van der Waals surface area contributed by atoms with Gasteiger partial charge in [0.15, 0.2) is 0 Å². The highest BCUT2D eigenvalue weighted by Gasteiger charge is 2.33. The Hall–Kier alpha value is -3.38. The van der Waals surface area contributed by atoms with Crippen LogP contribution in [-0.2, 0) is 9.59 Å². The quantitative estimate of drug-likeness (QED) is 0.0268. The zero-order valence-electron chi connectivity index (χ0n) is 39.2. The summed E-state index contributed by atoms with van der Waals surface area (Å²) in [6, 6.07) is -1.18. The number of hydrogen-bond acceptors (Lipinski definition) is 8. The lowest BCUT2D eigenvalue weighted by atomic mass is 10.0. The van der Waals surface area contributed by atoms with Crippen LogP contribution in [-0.4, -0.2) is 118 Å². The van der Waals surface area contributed by atoms with Gasteiger partial charge in [0.25, 0.3) is 0 Å². The predicted octanol–water partition coefficient (Wildman–Crippen LogP) is 8.57. The Morgan fingerprint density at radius 1 is 0.419 bits per heavy atom. The fourth-order valence-electron chi connectivity index (χ4n) is 7.22. The van der Waals surface area contributed by atoms with Crippen molar-refractivity contribution in [2.75, 3.05) is 39.3 Å². The molecule has 0 aromatic carbocycles. The van der Waals surface area contributed by atoms with Gasteiger partial charge >= 0.3 is 0 Å². The van der Waals surface area contributed by atoms with Gasteiger partial charge in [-0.15, -0.1) is 0 Å². The van der Waals surface area contributed by atoms with E-state index in [0.717, 1.165) is 64.2 Å². The van der Waals surface area contributed by atoms with E-state index in [1.165, 1.54) is 0 Å². The first-order chi connectivity index (χ1) is 30.1. The number of unbranched alkanes of at least 4 members (excludes halogenated alkanes) is 2. The van der Waals surface area contributed by atoms with Crippen molar-refractivity contribution >= 4 is 11.8 Å². The molecular formula is C52H88N4O6. The average Bonchev–Trinajstić information content (AvgIpc) is 3.24. The van der Waals surface area contributed by atoms with Crippen molar-refractivity contribution in [1.29, 1.82) is 0 Å². The maximum absolute atomic E-state index is 13.1. The van der Waals surface area contributed by atoms with Crippen LogP contribution < -0.4 is 10.6 Å². The van der Waals surface area contributed by atoms with E-state index in [1.807, 2.05) is 24.3 Å². The number of aliphatic hydroxyl groups is 4. The Morgan fingerprint density at radius 3 is 0.935 bits per heavy atom. The maximum atomic E-state index is 13.1. The lowest BCUT2D eigenvalue weighted by Gasteiger charge is -2.31. The Balaban J connectivity index is 2.67. The third-order valence-corrected chi connectivity index (χ3v) is 10.6. The number of nitrogens with one attached hydrogen (secondary N) is 2. The van der Waals surface area contributed by atoms with Gasteiger partial charge in [0, 0.05) is 26.2 Å². The van der Waals surface area contributed by atoms with E-state index < -0.39 is 36.5 Å². The number of nitrogens with zero attached hydrogens (tertiary/aromatic N) is 2. The molecule has 0 spiro atoms. The van der Waals surface area contributed by atoms with Crippen molar-refractivity contribution in [3.8, 4) is 0 Å². The smallest absolute Gasteiger partial charge is 0.243 e. The number of rotatable bonds is 38. The van der Waals surface area contributed by atoms with Crippen LogP contribution in [0.4, 0.5) is 0 Å². The van der Waals surface area contributed by atoms with Gasteiger partial charge in [0.2, 0.25) is 11.8 Å². The number of carbonyl (C=O) groups excluding carboxylic acids is 2. The summed E-state index contributed by atoms with van der Waals surface area (Å²) in [5, 5.41) is 49.2. The molecule has 0 aromatic heterocycles. The first kappa shape index (κ1) is 56.6. The number of carbonyl (C=O) groups is 2. The minimum Gasteiger partial charge on any atom is -0.391 e. The van der Waals surface area contributed by atoms with Crippen molar-refractivity contribution in [1.82, 2.24) is 20.4 Å². The van der Waals surface area contributed by atoms with Crippen LogP contribution in [0.5, 0.6) is 0 Å². The fourth-order valence-corrected chi connectivity index (χ4v) is 7.22. The summed E-state index contributed by atoms with van der Waals surface area (Å²) in [6.07, 6.45) is 44.6. The molecule has 1 heterocycles. The normalized spacial score (nSPS) is 18.7. The molecule has 62 heavy (non-hydrogen) atoms. The molecule has 6 unspecified atom stereocenters. The topological polar surface area (TPSA) is 146 Å². The first-order valence-corrected chi connectivity index (χ1v) is 24.1. The van der Waals surface area contributed by atoms with Crippen LogP contribution in [0.1, 0.15) is 143 Å². The Morgan fingerprint density at radius 2 is 0.677 bits per heavy atom. The Bertz CT molecular complexity index is 1200. The molecule has 10 nitrogen and oxygen atoms in total. The van der Waals surface area contributed by atoms with Crippen LogP contribution in [0.3, 0.4) is 0 Å². The summed E-state index contributed by atoms with van der Waals surface area (Å²) in [7, 11) is 0. The number of piperazine rings is 1. The van der Waals surface area contributed by atoms with Gasteiger partial charge in [-0.05, 0) is 129 Å². The third-order valence-electron chi connectivity index (χ3n) is 10.6. The molecule has 1 fully saturated rings. The van der Waals surface area contributed by atoms with E-state index in [0.29, 0.717) is 90.6 Å². The third kappa shape index (κ3) is 31.5. The SMILES string of the molecule is CC/C=C\C/C=C\CC(O)CN(CCCCC1NC(=O)C(CCCCN(CC(O)C/C=C\C/C=C\CC)CC(O)C/C=C\C/C=C\CC)NC1=O)CC(O)C/C=C\C/C=C\CC. The van der Waals surface area contributed by atoms with Crippen LogP contribution in [0.25, 0.3) is 0 Å².